The summed E-state index contributed by atoms with van der Waals surface area (Å²) in [4.78, 5) is 4.11. The van der Waals surface area contributed by atoms with Crippen LogP contribution in [0.15, 0.2) is 21.7 Å². The minimum absolute atomic E-state index is 0.0163. The third kappa shape index (κ3) is 3.21. The van der Waals surface area contributed by atoms with Gasteiger partial charge in [0.2, 0.25) is 10.0 Å². The minimum Gasteiger partial charge on any atom is -0.360 e. The lowest BCUT2D eigenvalue weighted by atomic mass is 10.3. The fourth-order valence-electron chi connectivity index (χ4n) is 1.85. The number of sulfonamides is 1. The predicted molar refractivity (Wildman–Crippen MR) is 78.9 cm³/mol. The maximum Gasteiger partial charge on any atom is 0.248 e. The van der Waals surface area contributed by atoms with Crippen LogP contribution in [0.3, 0.4) is 0 Å². The van der Waals surface area contributed by atoms with E-state index in [2.05, 4.69) is 10.1 Å². The molecule has 0 aromatic carbocycles. The van der Waals surface area contributed by atoms with Crippen LogP contribution < -0.4 is 0 Å². The third-order valence-electron chi connectivity index (χ3n) is 2.89. The van der Waals surface area contributed by atoms with Gasteiger partial charge >= 0.3 is 0 Å². The van der Waals surface area contributed by atoms with Crippen LogP contribution in [0.25, 0.3) is 0 Å². The lowest BCUT2D eigenvalue weighted by molar-refractivity contribution is 0.389. The lowest BCUT2D eigenvalue weighted by Crippen LogP contribution is -2.27. The molecule has 21 heavy (non-hydrogen) atoms. The van der Waals surface area contributed by atoms with Crippen LogP contribution in [0, 0.1) is 13.8 Å². The van der Waals surface area contributed by atoms with Gasteiger partial charge in [-0.15, -0.1) is 0 Å². The average Bonchev–Trinajstić information content (AvgIpc) is 2.72. The van der Waals surface area contributed by atoms with Crippen LogP contribution in [0.2, 0.25) is 10.0 Å². The summed E-state index contributed by atoms with van der Waals surface area (Å²) >= 11 is 11.8. The summed E-state index contributed by atoms with van der Waals surface area (Å²) < 4.78 is 31.1. The van der Waals surface area contributed by atoms with Gasteiger partial charge in [0.25, 0.3) is 0 Å². The van der Waals surface area contributed by atoms with Gasteiger partial charge in [0.15, 0.2) is 5.76 Å². The van der Waals surface area contributed by atoms with E-state index in [9.17, 15) is 8.42 Å². The highest BCUT2D eigenvalue weighted by molar-refractivity contribution is 7.89. The van der Waals surface area contributed by atoms with E-state index in [0.29, 0.717) is 21.4 Å². The first-order chi connectivity index (χ1) is 9.73. The van der Waals surface area contributed by atoms with Crippen molar-refractivity contribution in [3.63, 3.8) is 0 Å². The van der Waals surface area contributed by atoms with E-state index in [1.807, 2.05) is 0 Å². The Morgan fingerprint density at radius 1 is 1.33 bits per heavy atom. The van der Waals surface area contributed by atoms with E-state index < -0.39 is 10.0 Å². The first-order valence-electron chi connectivity index (χ1n) is 5.92. The molecule has 0 atom stereocenters. The zero-order chi connectivity index (χ0) is 15.8. The van der Waals surface area contributed by atoms with Crippen LogP contribution >= 0.6 is 23.2 Å². The Labute approximate surface area is 132 Å². The zero-order valence-electron chi connectivity index (χ0n) is 11.6. The Balaban J connectivity index is 2.33. The SMILES string of the molecule is Cc1noc(C)c1S(=O)(=O)N(C)Cc1ncc(Cl)cc1Cl. The first kappa shape index (κ1) is 16.2. The molecule has 0 aliphatic rings. The molecule has 0 aliphatic heterocycles. The molecule has 0 saturated heterocycles. The van der Waals surface area contributed by atoms with E-state index in [-0.39, 0.29) is 17.2 Å². The van der Waals surface area contributed by atoms with Crippen molar-refractivity contribution in [3.05, 3.63) is 39.5 Å². The number of nitrogens with zero attached hydrogens (tertiary/aromatic N) is 3. The standard InChI is InChI=1S/C12H13Cl2N3O3S/c1-7-12(8(2)20-16-7)21(18,19)17(3)6-11-10(14)4-9(13)5-15-11/h4-5H,6H2,1-3H3. The molecule has 2 rings (SSSR count). The van der Waals surface area contributed by atoms with Crippen molar-refractivity contribution in [2.24, 2.45) is 0 Å². The second-order valence-electron chi connectivity index (χ2n) is 4.50. The quantitative estimate of drug-likeness (QED) is 0.848. The fraction of sp³-hybridized carbons (Fsp3) is 0.333. The molecular weight excluding hydrogens is 337 g/mol. The Morgan fingerprint density at radius 2 is 2.00 bits per heavy atom. The normalized spacial score (nSPS) is 12.1. The molecule has 0 aliphatic carbocycles. The summed E-state index contributed by atoms with van der Waals surface area (Å²) in [5, 5.41) is 4.36. The van der Waals surface area contributed by atoms with Crippen molar-refractivity contribution in [3.8, 4) is 0 Å². The monoisotopic (exact) mass is 349 g/mol. The molecule has 2 heterocycles. The number of hydrogen-bond donors (Lipinski definition) is 0. The smallest absolute Gasteiger partial charge is 0.248 e. The fourth-order valence-corrected chi connectivity index (χ4v) is 3.71. The van der Waals surface area contributed by atoms with Gasteiger partial charge in [0.05, 0.1) is 22.3 Å². The molecule has 9 heteroatoms. The van der Waals surface area contributed by atoms with Crippen LogP contribution in [-0.2, 0) is 16.6 Å². The molecule has 0 amide bonds. The van der Waals surface area contributed by atoms with Gasteiger partial charge in [-0.25, -0.2) is 8.42 Å². The maximum absolute atomic E-state index is 12.5. The van der Waals surface area contributed by atoms with E-state index in [0.717, 1.165) is 4.31 Å². The summed E-state index contributed by atoms with van der Waals surface area (Å²) in [6.07, 6.45) is 1.42. The number of aromatic nitrogens is 2. The van der Waals surface area contributed by atoms with Crippen molar-refractivity contribution in [2.45, 2.75) is 25.3 Å². The zero-order valence-corrected chi connectivity index (χ0v) is 13.9. The molecule has 2 aromatic rings. The summed E-state index contributed by atoms with van der Waals surface area (Å²) in [6, 6.07) is 1.52. The minimum atomic E-state index is -3.74. The molecule has 0 saturated carbocycles. The maximum atomic E-state index is 12.5. The number of halogens is 2. The van der Waals surface area contributed by atoms with Crippen LogP contribution in [0.1, 0.15) is 17.1 Å². The second-order valence-corrected chi connectivity index (χ2v) is 7.32. The summed E-state index contributed by atoms with van der Waals surface area (Å²) in [7, 11) is -2.30. The van der Waals surface area contributed by atoms with E-state index in [1.54, 1.807) is 13.8 Å². The number of pyridine rings is 1. The molecule has 0 bridgehead atoms. The Hall–Kier alpha value is -1.15. The molecule has 0 radical (unpaired) electrons. The summed E-state index contributed by atoms with van der Waals surface area (Å²) in [5.41, 5.74) is 0.730. The van der Waals surface area contributed by atoms with Crippen molar-refractivity contribution < 1.29 is 12.9 Å². The summed E-state index contributed by atoms with van der Waals surface area (Å²) in [5.74, 6) is 0.245. The van der Waals surface area contributed by atoms with Gasteiger partial charge in [0.1, 0.15) is 10.6 Å². The third-order valence-corrected chi connectivity index (χ3v) is 5.48. The molecule has 114 valence electrons. The highest BCUT2D eigenvalue weighted by Gasteiger charge is 2.29. The van der Waals surface area contributed by atoms with Gasteiger partial charge in [-0.3, -0.25) is 4.98 Å². The van der Waals surface area contributed by atoms with Gasteiger partial charge in [-0.05, 0) is 19.9 Å². The predicted octanol–water partition coefficient (Wildman–Crippen LogP) is 2.81. The van der Waals surface area contributed by atoms with Crippen molar-refractivity contribution in [1.82, 2.24) is 14.4 Å². The van der Waals surface area contributed by atoms with Crippen LogP contribution in [-0.4, -0.2) is 29.9 Å². The van der Waals surface area contributed by atoms with Gasteiger partial charge in [-0.1, -0.05) is 28.4 Å². The Bertz CT molecular complexity index is 755. The lowest BCUT2D eigenvalue weighted by Gasteiger charge is -2.17. The topological polar surface area (TPSA) is 76.3 Å². The average molecular weight is 350 g/mol. The molecule has 0 N–H and O–H groups in total. The van der Waals surface area contributed by atoms with Crippen molar-refractivity contribution in [2.75, 3.05) is 7.05 Å². The molecule has 2 aromatic heterocycles. The Kier molecular flexibility index (Phi) is 4.57. The van der Waals surface area contributed by atoms with Crippen molar-refractivity contribution in [1.29, 1.82) is 0 Å². The first-order valence-corrected chi connectivity index (χ1v) is 8.12. The molecule has 6 nitrogen and oxygen atoms in total. The number of hydrogen-bond acceptors (Lipinski definition) is 5. The van der Waals surface area contributed by atoms with Gasteiger partial charge in [-0.2, -0.15) is 4.31 Å². The largest absolute Gasteiger partial charge is 0.360 e. The van der Waals surface area contributed by atoms with E-state index in [4.69, 9.17) is 27.7 Å². The van der Waals surface area contributed by atoms with Crippen LogP contribution in [0.5, 0.6) is 0 Å². The molecule has 0 unspecified atom stereocenters. The van der Waals surface area contributed by atoms with Crippen LogP contribution in [0.4, 0.5) is 0 Å². The molecular formula is C12H13Cl2N3O3S. The van der Waals surface area contributed by atoms with E-state index >= 15 is 0 Å². The Morgan fingerprint density at radius 3 is 2.52 bits per heavy atom. The highest BCUT2D eigenvalue weighted by atomic mass is 35.5. The second kappa shape index (κ2) is 5.92. The number of rotatable bonds is 4. The molecule has 0 fully saturated rings. The number of aryl methyl sites for hydroxylation is 2. The summed E-state index contributed by atoms with van der Waals surface area (Å²) in [6.45, 7) is 3.14. The van der Waals surface area contributed by atoms with Gasteiger partial charge in [0, 0.05) is 13.2 Å². The molecule has 0 spiro atoms. The highest BCUT2D eigenvalue weighted by Crippen LogP contribution is 2.25. The van der Waals surface area contributed by atoms with Crippen molar-refractivity contribution >= 4 is 33.2 Å². The van der Waals surface area contributed by atoms with Gasteiger partial charge < -0.3 is 4.52 Å². The van der Waals surface area contributed by atoms with E-state index in [1.165, 1.54) is 19.3 Å².